The molecule has 0 N–H and O–H groups in total. The average Bonchev–Trinajstić information content (AvgIpc) is 2.80. The first kappa shape index (κ1) is 29.1. The first-order valence-electron chi connectivity index (χ1n) is 13.4. The number of para-hydroxylation sites is 1. The summed E-state index contributed by atoms with van der Waals surface area (Å²) in [6.07, 6.45) is 17.2. The number of hydrogen-bond donors (Lipinski definition) is 0. The molecule has 0 bridgehead atoms. The van der Waals surface area contributed by atoms with Gasteiger partial charge in [-0.3, -0.25) is 0 Å². The molecular formula is C27H50O4Si. The Balaban J connectivity index is 1.86. The van der Waals surface area contributed by atoms with Crippen molar-refractivity contribution in [2.45, 2.75) is 110 Å². The third-order valence-corrected chi connectivity index (χ3v) is 8.88. The van der Waals surface area contributed by atoms with E-state index >= 15 is 0 Å². The number of rotatable bonds is 23. The lowest BCUT2D eigenvalue weighted by Gasteiger charge is -2.28. The fraction of sp³-hybridized carbons (Fsp3) is 0.778. The molecule has 0 saturated heterocycles. The molecule has 5 heteroatoms. The Kier molecular flexibility index (Phi) is 18.9. The maximum Gasteiger partial charge on any atom is 0.500 e. The smallest absolute Gasteiger partial charge is 0.494 e. The minimum atomic E-state index is -2.42. The van der Waals surface area contributed by atoms with Crippen LogP contribution in [0, 0.1) is 0 Å². The first-order valence-corrected chi connectivity index (χ1v) is 15.3. The lowest BCUT2D eigenvalue weighted by Crippen LogP contribution is -2.45. The molecule has 0 radical (unpaired) electrons. The van der Waals surface area contributed by atoms with Crippen LogP contribution in [-0.2, 0) is 13.3 Å². The van der Waals surface area contributed by atoms with E-state index in [0.717, 1.165) is 31.2 Å². The number of hydrogen-bond acceptors (Lipinski definition) is 4. The van der Waals surface area contributed by atoms with E-state index in [1.165, 1.54) is 70.6 Å². The van der Waals surface area contributed by atoms with Gasteiger partial charge in [0.2, 0.25) is 0 Å². The summed E-state index contributed by atoms with van der Waals surface area (Å²) in [6, 6.07) is 11.1. The molecule has 1 rings (SSSR count). The van der Waals surface area contributed by atoms with Gasteiger partial charge in [-0.1, -0.05) is 88.8 Å². The fourth-order valence-corrected chi connectivity index (χ4v) is 6.78. The van der Waals surface area contributed by atoms with Gasteiger partial charge in [-0.2, -0.15) is 0 Å². The number of ether oxygens (including phenoxy) is 1. The Hall–Kier alpha value is -0.883. The lowest BCUT2D eigenvalue weighted by atomic mass is 10.0. The summed E-state index contributed by atoms with van der Waals surface area (Å²) >= 11 is 0. The monoisotopic (exact) mass is 466 g/mol. The van der Waals surface area contributed by atoms with Crippen LogP contribution in [0.15, 0.2) is 30.3 Å². The van der Waals surface area contributed by atoms with Crippen LogP contribution in [0.25, 0.3) is 0 Å². The third kappa shape index (κ3) is 15.0. The highest BCUT2D eigenvalue weighted by molar-refractivity contribution is 6.60. The topological polar surface area (TPSA) is 36.9 Å². The van der Waals surface area contributed by atoms with Crippen LogP contribution in [-0.4, -0.2) is 35.2 Å². The van der Waals surface area contributed by atoms with Crippen LogP contribution >= 0.6 is 0 Å². The molecule has 0 fully saturated rings. The van der Waals surface area contributed by atoms with Gasteiger partial charge in [0, 0.05) is 25.9 Å². The van der Waals surface area contributed by atoms with E-state index in [0.29, 0.717) is 19.8 Å². The predicted octanol–water partition coefficient (Wildman–Crippen LogP) is 8.19. The molecule has 186 valence electrons. The summed E-state index contributed by atoms with van der Waals surface area (Å²) in [5.41, 5.74) is 0. The van der Waals surface area contributed by atoms with Crippen LogP contribution in [0.3, 0.4) is 0 Å². The predicted molar refractivity (Wildman–Crippen MR) is 137 cm³/mol. The lowest BCUT2D eigenvalue weighted by molar-refractivity contribution is 0.0706. The zero-order valence-electron chi connectivity index (χ0n) is 21.2. The summed E-state index contributed by atoms with van der Waals surface area (Å²) in [5.74, 6) is 0.990. The second-order valence-electron chi connectivity index (χ2n) is 8.49. The molecule has 0 unspecified atom stereocenters. The normalized spacial score (nSPS) is 11.7. The molecule has 0 atom stereocenters. The summed E-state index contributed by atoms with van der Waals surface area (Å²) in [4.78, 5) is 0. The molecular weight excluding hydrogens is 416 g/mol. The van der Waals surface area contributed by atoms with Crippen LogP contribution in [0.1, 0.15) is 104 Å². The minimum absolute atomic E-state index is 0.675. The number of benzene rings is 1. The largest absolute Gasteiger partial charge is 0.500 e. The van der Waals surface area contributed by atoms with Gasteiger partial charge < -0.3 is 18.0 Å². The van der Waals surface area contributed by atoms with Gasteiger partial charge >= 0.3 is 8.80 Å². The zero-order chi connectivity index (χ0) is 23.2. The van der Waals surface area contributed by atoms with Gasteiger partial charge in [-0.05, 0) is 45.7 Å². The molecule has 1 aromatic rings. The third-order valence-electron chi connectivity index (χ3n) is 5.73. The van der Waals surface area contributed by atoms with E-state index in [4.69, 9.17) is 18.0 Å². The zero-order valence-corrected chi connectivity index (χ0v) is 22.2. The minimum Gasteiger partial charge on any atom is -0.494 e. The first-order chi connectivity index (χ1) is 15.8. The summed E-state index contributed by atoms with van der Waals surface area (Å²) in [7, 11) is -2.42. The van der Waals surface area contributed by atoms with Crippen molar-refractivity contribution in [3.05, 3.63) is 30.3 Å². The van der Waals surface area contributed by atoms with E-state index in [9.17, 15) is 0 Å². The Bertz CT molecular complexity index is 495. The second kappa shape index (κ2) is 20.7. The molecule has 0 heterocycles. The van der Waals surface area contributed by atoms with Crippen molar-refractivity contribution in [1.29, 1.82) is 0 Å². The maximum atomic E-state index is 5.94. The second-order valence-corrected chi connectivity index (χ2v) is 11.2. The van der Waals surface area contributed by atoms with Crippen LogP contribution < -0.4 is 4.74 Å². The van der Waals surface area contributed by atoms with Gasteiger partial charge in [0.05, 0.1) is 6.61 Å². The summed E-state index contributed by atoms with van der Waals surface area (Å²) in [5, 5.41) is 0. The summed E-state index contributed by atoms with van der Waals surface area (Å²) in [6.45, 7) is 8.96. The van der Waals surface area contributed by atoms with Crippen LogP contribution in [0.2, 0.25) is 6.04 Å². The van der Waals surface area contributed by atoms with Crippen molar-refractivity contribution in [1.82, 2.24) is 0 Å². The maximum absolute atomic E-state index is 5.94. The van der Waals surface area contributed by atoms with Gasteiger partial charge in [-0.25, -0.2) is 0 Å². The molecule has 4 nitrogen and oxygen atoms in total. The van der Waals surface area contributed by atoms with Gasteiger partial charge in [-0.15, -0.1) is 0 Å². The molecule has 0 aliphatic heterocycles. The van der Waals surface area contributed by atoms with Crippen molar-refractivity contribution >= 4 is 8.80 Å². The van der Waals surface area contributed by atoms with Crippen molar-refractivity contribution in [3.63, 3.8) is 0 Å². The van der Waals surface area contributed by atoms with E-state index in [-0.39, 0.29) is 0 Å². The van der Waals surface area contributed by atoms with Crippen molar-refractivity contribution in [3.8, 4) is 5.75 Å². The molecule has 0 aromatic heterocycles. The highest BCUT2D eigenvalue weighted by Crippen LogP contribution is 2.21. The Morgan fingerprint density at radius 2 is 0.938 bits per heavy atom. The van der Waals surface area contributed by atoms with Crippen molar-refractivity contribution in [2.24, 2.45) is 0 Å². The quantitative estimate of drug-likeness (QED) is 0.120. The highest BCUT2D eigenvalue weighted by atomic mass is 28.4. The average molecular weight is 467 g/mol. The van der Waals surface area contributed by atoms with E-state index in [1.54, 1.807) is 0 Å². The van der Waals surface area contributed by atoms with Gasteiger partial charge in [0.15, 0.2) is 0 Å². The van der Waals surface area contributed by atoms with Crippen molar-refractivity contribution in [2.75, 3.05) is 26.4 Å². The number of unbranched alkanes of at least 4 members (excludes halogenated alkanes) is 12. The Morgan fingerprint density at radius 3 is 1.38 bits per heavy atom. The van der Waals surface area contributed by atoms with Crippen LogP contribution in [0.4, 0.5) is 0 Å². The molecule has 0 aliphatic rings. The van der Waals surface area contributed by atoms with Crippen LogP contribution in [0.5, 0.6) is 5.75 Å². The van der Waals surface area contributed by atoms with Crippen molar-refractivity contribution < 1.29 is 18.0 Å². The van der Waals surface area contributed by atoms with Gasteiger partial charge in [0.25, 0.3) is 0 Å². The molecule has 1 aromatic carbocycles. The highest BCUT2D eigenvalue weighted by Gasteiger charge is 2.39. The molecule has 0 spiro atoms. The van der Waals surface area contributed by atoms with E-state index in [2.05, 4.69) is 0 Å². The fourth-order valence-electron chi connectivity index (χ4n) is 4.10. The molecule has 32 heavy (non-hydrogen) atoms. The molecule has 0 aliphatic carbocycles. The van der Waals surface area contributed by atoms with Gasteiger partial charge in [0.1, 0.15) is 5.75 Å². The standard InChI is InChI=1S/C27H50O4Si/c1-4-29-32(30-5-2,31-6-3)26-22-17-15-13-11-9-7-8-10-12-14-16-21-25-28-27-23-19-18-20-24-27/h18-20,23-24H,4-17,21-22,25-26H2,1-3H3. The Labute approximate surface area is 199 Å². The molecule has 0 saturated carbocycles. The van der Waals surface area contributed by atoms with E-state index in [1.807, 2.05) is 51.1 Å². The molecule has 0 amide bonds. The van der Waals surface area contributed by atoms with E-state index < -0.39 is 8.80 Å². The Morgan fingerprint density at radius 1 is 0.531 bits per heavy atom. The SMILES string of the molecule is CCO[Si](CCCCCCCCCCCCCCCOc1ccccc1)(OCC)OCC. The summed E-state index contributed by atoms with van der Waals surface area (Å²) < 4.78 is 23.6.